The summed E-state index contributed by atoms with van der Waals surface area (Å²) in [4.78, 5) is 100. The molecule has 5 saturated heterocycles. The first-order valence-corrected chi connectivity index (χ1v) is 38.5. The second-order valence-electron chi connectivity index (χ2n) is 29.0. The van der Waals surface area contributed by atoms with Crippen LogP contribution < -0.4 is 42.5 Å². The molecule has 0 saturated carbocycles. The highest BCUT2D eigenvalue weighted by Gasteiger charge is 2.32. The van der Waals surface area contributed by atoms with Crippen LogP contribution in [0, 0.1) is 5.41 Å². The number of para-hydroxylation sites is 1. The molecule has 1 aliphatic carbocycles. The Bertz CT molecular complexity index is 5660. The number of imidazole rings is 4. The Hall–Kier alpha value is -12.4. The average Bonchev–Trinajstić information content (AvgIpc) is 1.57. The molecule has 17 heterocycles. The van der Waals surface area contributed by atoms with E-state index in [1.54, 1.807) is 37.3 Å². The fourth-order valence-electron chi connectivity index (χ4n) is 14.3. The Kier molecular flexibility index (Phi) is 21.4. The minimum atomic E-state index is 0.0961. The number of ether oxygens (including phenoxy) is 5. The lowest BCUT2D eigenvalue weighted by Crippen LogP contribution is -2.37. The van der Waals surface area contributed by atoms with Crippen molar-refractivity contribution in [3.8, 4) is 51.2 Å². The van der Waals surface area contributed by atoms with Crippen LogP contribution in [0.5, 0.6) is 0 Å². The Morgan fingerprint density at radius 1 is 0.386 bits per heavy atom. The minimum Gasteiger partial charge on any atom is -0.382 e. The first kappa shape index (κ1) is 74.4. The van der Waals surface area contributed by atoms with Gasteiger partial charge in [-0.3, -0.25) is 9.13 Å². The fraction of sp³-hybridized carbons (Fsp3) is 0.368. The van der Waals surface area contributed by atoms with E-state index in [-0.39, 0.29) is 17.5 Å². The highest BCUT2D eigenvalue weighted by atomic mass is 79.9. The van der Waals surface area contributed by atoms with Crippen LogP contribution in [0.2, 0.25) is 0 Å². The molecule has 1 atom stereocenters. The zero-order chi connectivity index (χ0) is 77.8. The summed E-state index contributed by atoms with van der Waals surface area (Å²) >= 11 is 3.60. The van der Waals surface area contributed by atoms with Gasteiger partial charge in [-0.1, -0.05) is 63.2 Å². The van der Waals surface area contributed by atoms with Crippen LogP contribution in [0.1, 0.15) is 50.4 Å². The summed E-state index contributed by atoms with van der Waals surface area (Å²) in [6, 6.07) is 19.0. The molecule has 0 bridgehead atoms. The summed E-state index contributed by atoms with van der Waals surface area (Å²) in [6.45, 7) is 19.9. The summed E-state index contributed by atoms with van der Waals surface area (Å²) in [5.74, 6) is 4.05. The summed E-state index contributed by atoms with van der Waals surface area (Å²) < 4.78 is 36.5. The van der Waals surface area contributed by atoms with Crippen LogP contribution >= 0.6 is 15.9 Å². The third kappa shape index (κ3) is 16.1. The first-order valence-electron chi connectivity index (χ1n) is 37.7. The lowest BCUT2D eigenvalue weighted by molar-refractivity contribution is 0.122. The van der Waals surface area contributed by atoms with Crippen molar-refractivity contribution in [3.63, 3.8) is 0 Å². The van der Waals surface area contributed by atoms with Crippen LogP contribution in [-0.4, -0.2) is 236 Å². The van der Waals surface area contributed by atoms with Crippen LogP contribution in [0.25, 0.3) is 95.9 Å². The van der Waals surface area contributed by atoms with Gasteiger partial charge >= 0.3 is 0 Å². The van der Waals surface area contributed by atoms with Crippen molar-refractivity contribution in [3.05, 3.63) is 139 Å². The van der Waals surface area contributed by atoms with Crippen molar-refractivity contribution in [2.45, 2.75) is 58.7 Å². The van der Waals surface area contributed by atoms with E-state index < -0.39 is 0 Å². The largest absolute Gasteiger partial charge is 0.382 e. The van der Waals surface area contributed by atoms with Crippen molar-refractivity contribution in [2.24, 2.45) is 5.41 Å². The van der Waals surface area contributed by atoms with Gasteiger partial charge < -0.3 is 75.4 Å². The molecule has 38 heteroatoms. The van der Waals surface area contributed by atoms with Gasteiger partial charge in [0, 0.05) is 77.2 Å². The van der Waals surface area contributed by atoms with E-state index in [4.69, 9.17) is 96.5 Å². The van der Waals surface area contributed by atoms with Gasteiger partial charge in [0.2, 0.25) is 23.8 Å². The molecular formula is C76H83BrN32O5. The van der Waals surface area contributed by atoms with Crippen molar-refractivity contribution in [1.82, 2.24) is 118 Å². The number of hydrogen-bond acceptors (Lipinski definition) is 33. The second-order valence-corrected chi connectivity index (χ2v) is 29.7. The Labute approximate surface area is 661 Å². The molecule has 0 spiro atoms. The molecule has 5 aliphatic heterocycles. The maximum atomic E-state index is 5.74. The molecule has 6 aliphatic rings. The van der Waals surface area contributed by atoms with E-state index in [0.717, 1.165) is 124 Å². The van der Waals surface area contributed by atoms with Crippen LogP contribution in [0.3, 0.4) is 0 Å². The van der Waals surface area contributed by atoms with Gasteiger partial charge in [-0.2, -0.15) is 19.9 Å². The molecular weight excluding hydrogens is 1520 g/mol. The molecule has 0 amide bonds. The number of anilines is 8. The number of aromatic nitrogens is 24. The van der Waals surface area contributed by atoms with E-state index in [9.17, 15) is 0 Å². The van der Waals surface area contributed by atoms with Crippen molar-refractivity contribution < 1.29 is 23.7 Å². The lowest BCUT2D eigenvalue weighted by Gasteiger charge is -2.27. The number of rotatable bonds is 12. The summed E-state index contributed by atoms with van der Waals surface area (Å²) in [7, 11) is 0. The minimum absolute atomic E-state index is 0.0961. The van der Waals surface area contributed by atoms with Gasteiger partial charge in [0.25, 0.3) is 0 Å². The van der Waals surface area contributed by atoms with Crippen LogP contribution in [0.15, 0.2) is 128 Å². The third-order valence-electron chi connectivity index (χ3n) is 19.9. The molecule has 5 fully saturated rings. The topological polar surface area (TPSA) is 441 Å². The summed E-state index contributed by atoms with van der Waals surface area (Å²) in [6.07, 6.45) is 20.9. The molecule has 14 aromatic rings. The van der Waals surface area contributed by atoms with Crippen molar-refractivity contribution in [1.29, 1.82) is 0 Å². The predicted molar refractivity (Wildman–Crippen MR) is 431 cm³/mol. The molecule has 37 nitrogen and oxygen atoms in total. The standard InChI is InChI=1S/C22H22N8O.C19H18N8O.C18H24N8O.C17H19BrN8O2/c23-18-12-24-17(11-25-18)19-20-21(28-22(27-19)29-5-7-31-8-6-29)30(13-26-20)16-9-14-3-1-2-4-15(14)10-16;20-15-11-21-14(10-22-15)16-17-18(25-19(24-16)26-6-8-28-9-7-26)27(12-23-17)13-4-2-1-3-5-13;1-18(2,3)10-26-11-22-15-14(12-8-21-13(19)9-20-12)23-17(24-16(15)26)25-4-6-27-7-5-25;18-16-22-14-13(11-7-21-12(19)8-20-11)23-17(25-2-5-27-6-3-25)24-15(14)26(16)10-1-4-28-9-10/h1-4,11-13,16H,5-10H2,(H2,23,25);1-5,10-12H,6-9H2,(H2,20,22);8-9,11H,4-7,10H2,1-3H3,(H2,19,21);7-8,10H,1-6,9H2,(H2,19,21). The molecule has 2 aromatic carbocycles. The molecule has 20 rings (SSSR count). The van der Waals surface area contributed by atoms with Crippen molar-refractivity contribution >= 4 is 108 Å². The van der Waals surface area contributed by atoms with Gasteiger partial charge in [-0.25, -0.2) is 79.7 Å². The van der Waals surface area contributed by atoms with Crippen LogP contribution in [0.4, 0.5) is 47.1 Å². The Morgan fingerprint density at radius 3 is 1.21 bits per heavy atom. The molecule has 8 N–H and O–H groups in total. The molecule has 1 unspecified atom stereocenters. The molecule has 12 aromatic heterocycles. The maximum absolute atomic E-state index is 5.74. The zero-order valence-electron chi connectivity index (χ0n) is 63.0. The number of nitrogens with zero attached hydrogens (tertiary/aromatic N) is 28. The number of nitrogens with two attached hydrogens (primary N) is 4. The van der Waals surface area contributed by atoms with E-state index in [0.29, 0.717) is 168 Å². The monoisotopic (exact) mass is 1600 g/mol. The first-order chi connectivity index (χ1) is 55.7. The zero-order valence-corrected chi connectivity index (χ0v) is 64.6. The van der Waals surface area contributed by atoms with Gasteiger partial charge in [0.15, 0.2) is 27.3 Å². The maximum Gasteiger partial charge on any atom is 0.228 e. The van der Waals surface area contributed by atoms with Gasteiger partial charge in [-0.15, -0.1) is 0 Å². The number of morpholine rings is 4. The number of fused-ring (bicyclic) bond motifs is 5. The third-order valence-corrected chi connectivity index (χ3v) is 20.5. The molecule has 584 valence electrons. The van der Waals surface area contributed by atoms with Gasteiger partial charge in [0.05, 0.1) is 128 Å². The molecule has 0 radical (unpaired) electrons. The SMILES string of the molecule is CC(C)(C)Cn1cnc2c(-c3cnc(N)cn3)nc(N3CCOCC3)nc21.Nc1cnc(-c2nc(N3CCOCC3)nc3c2nc(Br)n3C2CCOC2)cn1.Nc1cnc(-c2nc(N3CCOCC3)nc3c2ncn3-c2ccccc2)cn1.Nc1cnc(-c2nc(N3CCOCC3)nc3c2ncn3C2Cc3ccccc3C2)cn1. The number of hydrogen-bond donors (Lipinski definition) is 4. The quantitative estimate of drug-likeness (QED) is 0.0902. The van der Waals surface area contributed by atoms with E-state index in [1.807, 2.05) is 47.6 Å². The molecule has 114 heavy (non-hydrogen) atoms. The number of nitrogen functional groups attached to an aromatic ring is 4. The van der Waals surface area contributed by atoms with Crippen molar-refractivity contribution in [2.75, 3.05) is 161 Å². The summed E-state index contributed by atoms with van der Waals surface area (Å²) in [5, 5.41) is 0. The van der Waals surface area contributed by atoms with Gasteiger partial charge in [-0.05, 0) is 63.9 Å². The predicted octanol–water partition coefficient (Wildman–Crippen LogP) is 6.91. The summed E-state index contributed by atoms with van der Waals surface area (Å²) in [5.41, 5.74) is 37.7. The Balaban J connectivity index is 0.000000110. The lowest BCUT2D eigenvalue weighted by atomic mass is 9.97. The number of halogens is 1. The van der Waals surface area contributed by atoms with Crippen LogP contribution in [-0.2, 0) is 43.1 Å². The number of benzene rings is 2. The average molecular weight is 1600 g/mol. The Morgan fingerprint density at radius 2 is 0.781 bits per heavy atom. The van der Waals surface area contributed by atoms with E-state index in [2.05, 4.69) is 144 Å². The smallest absolute Gasteiger partial charge is 0.228 e. The fourth-order valence-corrected chi connectivity index (χ4v) is 14.9. The second kappa shape index (κ2) is 32.8. The van der Waals surface area contributed by atoms with Gasteiger partial charge in [0.1, 0.15) is 97.2 Å². The normalized spacial score (nSPS) is 16.7. The highest BCUT2D eigenvalue weighted by molar-refractivity contribution is 9.10. The van der Waals surface area contributed by atoms with E-state index in [1.165, 1.54) is 29.7 Å². The van der Waals surface area contributed by atoms with E-state index >= 15 is 0 Å². The highest BCUT2D eigenvalue weighted by Crippen LogP contribution is 2.38.